The lowest BCUT2D eigenvalue weighted by atomic mass is 10.0. The van der Waals surface area contributed by atoms with Crippen molar-refractivity contribution in [2.45, 2.75) is 92.5 Å². The van der Waals surface area contributed by atoms with Crippen LogP contribution in [0.15, 0.2) is 36.4 Å². The third kappa shape index (κ3) is 16.3. The number of phenols is 2. The Labute approximate surface area is 281 Å². The van der Waals surface area contributed by atoms with Gasteiger partial charge in [0.15, 0.2) is 5.75 Å². The number of ether oxygens (including phenoxy) is 4. The molecule has 0 unspecified atom stereocenters. The van der Waals surface area contributed by atoms with Gasteiger partial charge in [-0.05, 0) is 70.9 Å². The molecule has 0 aliphatic rings. The molecule has 0 heterocycles. The molecular weight excluding hydrogens is 632 g/mol. The van der Waals surface area contributed by atoms with E-state index in [1.54, 1.807) is 47.6 Å². The lowest BCUT2D eigenvalue weighted by molar-refractivity contribution is -0.385. The van der Waals surface area contributed by atoms with Crippen LogP contribution in [0.4, 0.5) is 21.0 Å². The van der Waals surface area contributed by atoms with E-state index < -0.39 is 63.8 Å². The summed E-state index contributed by atoms with van der Waals surface area (Å²) in [7, 11) is 2.39. The molecular formula is C32H50N4O12. The summed E-state index contributed by atoms with van der Waals surface area (Å²) in [6.45, 7) is 10.2. The number of anilines is 1. The molecule has 2 amide bonds. The van der Waals surface area contributed by atoms with Crippen LogP contribution in [0.5, 0.6) is 11.5 Å². The third-order valence-corrected chi connectivity index (χ3v) is 5.56. The van der Waals surface area contributed by atoms with Gasteiger partial charge in [-0.25, -0.2) is 19.2 Å². The van der Waals surface area contributed by atoms with E-state index in [4.69, 9.17) is 15.2 Å². The number of amides is 2. The number of esters is 2. The molecule has 2 atom stereocenters. The predicted molar refractivity (Wildman–Crippen MR) is 178 cm³/mol. The summed E-state index contributed by atoms with van der Waals surface area (Å²) in [4.78, 5) is 57.3. The summed E-state index contributed by atoms with van der Waals surface area (Å²) in [5.74, 6) is -1.86. The minimum absolute atomic E-state index is 0. The van der Waals surface area contributed by atoms with Gasteiger partial charge in [-0.15, -0.1) is 0 Å². The Bertz CT molecular complexity index is 1400. The molecule has 6 N–H and O–H groups in total. The van der Waals surface area contributed by atoms with Crippen molar-refractivity contribution in [3.05, 3.63) is 57.6 Å². The summed E-state index contributed by atoms with van der Waals surface area (Å²) in [6.07, 6.45) is -1.43. The maximum absolute atomic E-state index is 11.8. The minimum Gasteiger partial charge on any atom is -0.506 e. The van der Waals surface area contributed by atoms with Gasteiger partial charge in [-0.3, -0.25) is 10.1 Å². The van der Waals surface area contributed by atoms with Crippen molar-refractivity contribution in [1.29, 1.82) is 0 Å². The highest BCUT2D eigenvalue weighted by molar-refractivity contribution is 5.82. The Morgan fingerprint density at radius 3 is 1.48 bits per heavy atom. The number of carbonyl (C=O) groups is 4. The largest absolute Gasteiger partial charge is 0.506 e. The van der Waals surface area contributed by atoms with Crippen LogP contribution < -0.4 is 16.4 Å². The molecule has 0 radical (unpaired) electrons. The number of benzene rings is 2. The average molecular weight is 683 g/mol. The van der Waals surface area contributed by atoms with E-state index in [1.165, 1.54) is 25.3 Å². The molecule has 0 aliphatic heterocycles. The molecule has 16 heteroatoms. The van der Waals surface area contributed by atoms with Crippen LogP contribution in [0.2, 0.25) is 0 Å². The summed E-state index contributed by atoms with van der Waals surface area (Å²) in [5.41, 5.74) is 4.93. The van der Waals surface area contributed by atoms with Crippen molar-refractivity contribution in [2.75, 3.05) is 20.0 Å². The standard InChI is InChI=1S/C15H20N2O7.C15H22N2O5.2CH4/c1-15(2,3)24-14(20)16-10(13(19)23-4)7-9-5-6-12(18)11(8-9)17(21)22;1-15(2,3)22-14(20)17-11(13(19)21-4)8-9-5-6-12(18)10(16)7-9;;/h5-6,8,10,18H,7H2,1-4H3,(H,16,20);5-7,11,18H,8,16H2,1-4H3,(H,17,20);2*1H4/t10-;11-;;/m00../s1. The molecule has 16 nitrogen and oxygen atoms in total. The minimum atomic E-state index is -1.09. The first-order valence-corrected chi connectivity index (χ1v) is 13.8. The van der Waals surface area contributed by atoms with E-state index in [0.29, 0.717) is 11.1 Å². The molecule has 0 fully saturated rings. The van der Waals surface area contributed by atoms with Crippen molar-refractivity contribution in [3.63, 3.8) is 0 Å². The van der Waals surface area contributed by atoms with E-state index in [-0.39, 0.29) is 39.1 Å². The van der Waals surface area contributed by atoms with Gasteiger partial charge in [0.05, 0.1) is 24.8 Å². The summed E-state index contributed by atoms with van der Waals surface area (Å²) < 4.78 is 19.5. The molecule has 0 saturated carbocycles. The van der Waals surface area contributed by atoms with E-state index in [1.807, 2.05) is 0 Å². The summed E-state index contributed by atoms with van der Waals surface area (Å²) in [6, 6.07) is 6.25. The van der Waals surface area contributed by atoms with Crippen molar-refractivity contribution in [3.8, 4) is 11.5 Å². The van der Waals surface area contributed by atoms with E-state index in [9.17, 15) is 39.5 Å². The maximum Gasteiger partial charge on any atom is 0.408 e. The van der Waals surface area contributed by atoms with E-state index >= 15 is 0 Å². The van der Waals surface area contributed by atoms with Crippen molar-refractivity contribution in [1.82, 2.24) is 10.6 Å². The van der Waals surface area contributed by atoms with Crippen LogP contribution in [-0.2, 0) is 41.4 Å². The number of nitrogen functional groups attached to an aromatic ring is 1. The number of hydrogen-bond acceptors (Lipinski definition) is 13. The van der Waals surface area contributed by atoms with Crippen LogP contribution in [0, 0.1) is 10.1 Å². The van der Waals surface area contributed by atoms with Crippen molar-refractivity contribution >= 4 is 35.5 Å². The number of nitrogens with zero attached hydrogens (tertiary/aromatic N) is 1. The maximum atomic E-state index is 11.8. The number of phenolic OH excluding ortho intramolecular Hbond substituents is 2. The molecule has 0 aliphatic carbocycles. The van der Waals surface area contributed by atoms with Crippen LogP contribution in [-0.4, -0.2) is 76.8 Å². The zero-order valence-corrected chi connectivity index (χ0v) is 27.0. The Morgan fingerprint density at radius 1 is 0.771 bits per heavy atom. The number of methoxy groups -OCH3 is 2. The zero-order valence-electron chi connectivity index (χ0n) is 27.0. The Balaban J connectivity index is 0. The van der Waals surface area contributed by atoms with Crippen molar-refractivity contribution in [2.24, 2.45) is 0 Å². The van der Waals surface area contributed by atoms with Crippen LogP contribution >= 0.6 is 0 Å². The topological polar surface area (TPSA) is 239 Å². The van der Waals surface area contributed by atoms with E-state index in [2.05, 4.69) is 20.1 Å². The lowest BCUT2D eigenvalue weighted by Crippen LogP contribution is -2.45. The smallest absolute Gasteiger partial charge is 0.408 e. The highest BCUT2D eigenvalue weighted by Gasteiger charge is 2.27. The van der Waals surface area contributed by atoms with Gasteiger partial charge in [0.25, 0.3) is 0 Å². The Morgan fingerprint density at radius 2 is 1.15 bits per heavy atom. The molecule has 270 valence electrons. The molecule has 0 aromatic heterocycles. The molecule has 0 spiro atoms. The lowest BCUT2D eigenvalue weighted by Gasteiger charge is -2.22. The number of nitrogens with one attached hydrogen (secondary N) is 2. The highest BCUT2D eigenvalue weighted by Crippen LogP contribution is 2.27. The van der Waals surface area contributed by atoms with Gasteiger partial charge in [0, 0.05) is 18.9 Å². The number of nitro benzene ring substituents is 1. The predicted octanol–water partition coefficient (Wildman–Crippen LogP) is 4.76. The summed E-state index contributed by atoms with van der Waals surface area (Å²) in [5, 5.41) is 34.5. The van der Waals surface area contributed by atoms with Crippen LogP contribution in [0.3, 0.4) is 0 Å². The van der Waals surface area contributed by atoms with Gasteiger partial charge in [0.2, 0.25) is 0 Å². The van der Waals surface area contributed by atoms with Gasteiger partial charge in [0.1, 0.15) is 29.0 Å². The number of nitro groups is 1. The first-order valence-electron chi connectivity index (χ1n) is 13.8. The highest BCUT2D eigenvalue weighted by atomic mass is 16.6. The second-order valence-electron chi connectivity index (χ2n) is 11.8. The second kappa shape index (κ2) is 19.4. The number of carbonyl (C=O) groups excluding carboxylic acids is 4. The molecule has 0 bridgehead atoms. The molecule has 0 saturated heterocycles. The summed E-state index contributed by atoms with van der Waals surface area (Å²) >= 11 is 0. The number of nitrogens with two attached hydrogens (primary N) is 1. The van der Waals surface area contributed by atoms with Crippen LogP contribution in [0.25, 0.3) is 0 Å². The third-order valence-electron chi connectivity index (χ3n) is 5.56. The number of alkyl carbamates (subject to hydrolysis) is 2. The quantitative estimate of drug-likeness (QED) is 0.0599. The fraction of sp³-hybridized carbons (Fsp3) is 0.500. The first-order chi connectivity index (χ1) is 21.1. The number of aromatic hydroxyl groups is 2. The van der Waals surface area contributed by atoms with Crippen LogP contribution in [0.1, 0.15) is 67.5 Å². The normalized spacial score (nSPS) is 11.8. The van der Waals surface area contributed by atoms with Crippen molar-refractivity contribution < 1.29 is 53.3 Å². The Hall–Kier alpha value is -5.28. The molecule has 48 heavy (non-hydrogen) atoms. The molecule has 2 aromatic rings. The number of hydrogen-bond donors (Lipinski definition) is 5. The average Bonchev–Trinajstić information content (AvgIpc) is 2.92. The SMILES string of the molecule is C.C.COC(=O)[C@H](Cc1ccc(O)c(N)c1)NC(=O)OC(C)(C)C.COC(=O)[C@H](Cc1ccc(O)c([N+](=O)[O-])c1)NC(=O)OC(C)(C)C. The van der Waals surface area contributed by atoms with E-state index in [0.717, 1.165) is 19.2 Å². The zero-order chi connectivity index (χ0) is 35.4. The van der Waals surface area contributed by atoms with Gasteiger partial charge < -0.3 is 45.5 Å². The molecule has 2 rings (SSSR count). The second-order valence-corrected chi connectivity index (χ2v) is 11.8. The van der Waals surface area contributed by atoms with Gasteiger partial charge in [-0.2, -0.15) is 0 Å². The number of rotatable bonds is 9. The Kier molecular flexibility index (Phi) is 18.1. The monoisotopic (exact) mass is 682 g/mol. The fourth-order valence-electron chi connectivity index (χ4n) is 3.62. The van der Waals surface area contributed by atoms with Gasteiger partial charge >= 0.3 is 29.8 Å². The first kappa shape index (κ1) is 44.8. The fourth-order valence-corrected chi connectivity index (χ4v) is 3.62. The van der Waals surface area contributed by atoms with Gasteiger partial charge in [-0.1, -0.05) is 27.0 Å². The molecule has 2 aromatic carbocycles.